The van der Waals surface area contributed by atoms with Gasteiger partial charge in [0.05, 0.1) is 10.6 Å². The summed E-state index contributed by atoms with van der Waals surface area (Å²) in [5.74, 6) is -0.443. The van der Waals surface area contributed by atoms with Gasteiger partial charge in [0.2, 0.25) is 15.9 Å². The fourth-order valence-corrected chi connectivity index (χ4v) is 4.53. The molecule has 1 amide bonds. The van der Waals surface area contributed by atoms with Crippen molar-refractivity contribution in [1.29, 1.82) is 0 Å². The van der Waals surface area contributed by atoms with Crippen LogP contribution in [0.5, 0.6) is 0 Å². The van der Waals surface area contributed by atoms with Crippen molar-refractivity contribution < 1.29 is 13.2 Å². The molecule has 0 radical (unpaired) electrons. The molecule has 0 aliphatic carbocycles. The van der Waals surface area contributed by atoms with Gasteiger partial charge in [-0.2, -0.15) is 4.72 Å². The fraction of sp³-hybridized carbons (Fsp3) is 0.0952. The van der Waals surface area contributed by atoms with Crippen molar-refractivity contribution in [3.05, 3.63) is 93.4 Å². The van der Waals surface area contributed by atoms with E-state index in [2.05, 4.69) is 41.9 Å². The molecule has 0 aliphatic heterocycles. The van der Waals surface area contributed by atoms with Crippen LogP contribution < -0.4 is 10.0 Å². The van der Waals surface area contributed by atoms with Crippen molar-refractivity contribution in [3.63, 3.8) is 0 Å². The van der Waals surface area contributed by atoms with Gasteiger partial charge in [-0.3, -0.25) is 4.79 Å². The molecular formula is C21H18Br2N2O3S. The quantitative estimate of drug-likeness (QED) is 0.457. The van der Waals surface area contributed by atoms with Crippen molar-refractivity contribution in [2.75, 3.05) is 5.32 Å². The maximum absolute atomic E-state index is 13.0. The van der Waals surface area contributed by atoms with Crippen LogP contribution in [0, 0.1) is 0 Å². The Hall–Kier alpha value is -2.00. The van der Waals surface area contributed by atoms with Crippen LogP contribution in [0.15, 0.2) is 92.7 Å². The Kier molecular flexibility index (Phi) is 7.23. The molecule has 0 fully saturated rings. The highest BCUT2D eigenvalue weighted by molar-refractivity contribution is 9.10. The third-order valence-electron chi connectivity index (χ3n) is 4.15. The number of benzene rings is 3. The third-order valence-corrected chi connectivity index (χ3v) is 6.86. The van der Waals surface area contributed by atoms with E-state index in [0.717, 1.165) is 10.0 Å². The number of rotatable bonds is 7. The number of nitrogens with one attached hydrogen (secondary N) is 2. The Bertz CT molecular complexity index is 1090. The summed E-state index contributed by atoms with van der Waals surface area (Å²) in [6.07, 6.45) is 0.215. The molecule has 0 spiro atoms. The topological polar surface area (TPSA) is 75.3 Å². The highest BCUT2D eigenvalue weighted by Crippen LogP contribution is 2.22. The van der Waals surface area contributed by atoms with E-state index in [4.69, 9.17) is 0 Å². The summed E-state index contributed by atoms with van der Waals surface area (Å²) in [5, 5.41) is 2.79. The zero-order valence-electron chi connectivity index (χ0n) is 15.2. The van der Waals surface area contributed by atoms with Crippen LogP contribution in [0.25, 0.3) is 0 Å². The Morgan fingerprint density at radius 3 is 2.14 bits per heavy atom. The average Bonchev–Trinajstić information content (AvgIpc) is 2.70. The third kappa shape index (κ3) is 5.99. The number of hydrogen-bond acceptors (Lipinski definition) is 3. The molecule has 1 atom stereocenters. The van der Waals surface area contributed by atoms with Gasteiger partial charge in [0, 0.05) is 8.95 Å². The molecule has 0 saturated carbocycles. The van der Waals surface area contributed by atoms with Gasteiger partial charge in [-0.1, -0.05) is 58.4 Å². The standard InChI is InChI=1S/C21H18Br2N2O3S/c22-16-10-12-17(13-11-16)29(27,28)25-20(14-15-6-2-1-3-7-15)21(26)24-19-9-5-4-8-18(19)23/h1-13,20,25H,14H2,(H,24,26)/t20-/m1/s1. The number of amides is 1. The minimum Gasteiger partial charge on any atom is -0.324 e. The summed E-state index contributed by atoms with van der Waals surface area (Å²) in [5.41, 5.74) is 1.41. The van der Waals surface area contributed by atoms with Crippen LogP contribution in [0.4, 0.5) is 5.69 Å². The molecule has 0 saturated heterocycles. The number of anilines is 1. The van der Waals surface area contributed by atoms with Gasteiger partial charge in [0.1, 0.15) is 6.04 Å². The second-order valence-corrected chi connectivity index (χ2v) is 9.77. The van der Waals surface area contributed by atoms with Gasteiger partial charge in [0.15, 0.2) is 0 Å². The molecular weight excluding hydrogens is 520 g/mol. The number of hydrogen-bond donors (Lipinski definition) is 2. The molecule has 0 unspecified atom stereocenters. The van der Waals surface area contributed by atoms with E-state index < -0.39 is 22.0 Å². The first-order valence-electron chi connectivity index (χ1n) is 8.72. The zero-order chi connectivity index (χ0) is 20.9. The van der Waals surface area contributed by atoms with Crippen LogP contribution in [0.2, 0.25) is 0 Å². The number of sulfonamides is 1. The SMILES string of the molecule is O=C(Nc1ccccc1Br)[C@@H](Cc1ccccc1)NS(=O)(=O)c1ccc(Br)cc1. The molecule has 0 aliphatic rings. The Morgan fingerprint density at radius 2 is 1.48 bits per heavy atom. The van der Waals surface area contributed by atoms with E-state index >= 15 is 0 Å². The van der Waals surface area contributed by atoms with Crippen LogP contribution >= 0.6 is 31.9 Å². The predicted octanol–water partition coefficient (Wildman–Crippen LogP) is 4.74. The fourth-order valence-electron chi connectivity index (χ4n) is 2.69. The van der Waals surface area contributed by atoms with E-state index in [1.165, 1.54) is 12.1 Å². The minimum atomic E-state index is -3.89. The second-order valence-electron chi connectivity index (χ2n) is 6.29. The van der Waals surface area contributed by atoms with E-state index in [9.17, 15) is 13.2 Å². The summed E-state index contributed by atoms with van der Waals surface area (Å²) in [6, 6.07) is 21.7. The van der Waals surface area contributed by atoms with Crippen molar-refractivity contribution in [1.82, 2.24) is 4.72 Å². The maximum atomic E-state index is 13.0. The molecule has 29 heavy (non-hydrogen) atoms. The van der Waals surface area contributed by atoms with Crippen molar-refractivity contribution in [2.45, 2.75) is 17.4 Å². The van der Waals surface area contributed by atoms with E-state index in [0.29, 0.717) is 10.2 Å². The molecule has 0 heterocycles. The minimum absolute atomic E-state index is 0.0902. The van der Waals surface area contributed by atoms with Crippen molar-refractivity contribution in [3.8, 4) is 0 Å². The van der Waals surface area contributed by atoms with E-state index in [1.54, 1.807) is 30.3 Å². The summed E-state index contributed by atoms with van der Waals surface area (Å²) in [6.45, 7) is 0. The van der Waals surface area contributed by atoms with Crippen molar-refractivity contribution >= 4 is 53.5 Å². The molecule has 5 nitrogen and oxygen atoms in total. The lowest BCUT2D eigenvalue weighted by Crippen LogP contribution is -2.45. The number of halogens is 2. The number of carbonyl (C=O) groups excluding carboxylic acids is 1. The first-order valence-corrected chi connectivity index (χ1v) is 11.8. The van der Waals surface area contributed by atoms with Crippen LogP contribution in [-0.4, -0.2) is 20.4 Å². The predicted molar refractivity (Wildman–Crippen MR) is 121 cm³/mol. The van der Waals surface area contributed by atoms with Gasteiger partial charge in [-0.25, -0.2) is 8.42 Å². The average molecular weight is 538 g/mol. The molecule has 2 N–H and O–H groups in total. The van der Waals surface area contributed by atoms with E-state index in [1.807, 2.05) is 36.4 Å². The molecule has 0 aromatic heterocycles. The second kappa shape index (κ2) is 9.67. The van der Waals surface area contributed by atoms with Gasteiger partial charge < -0.3 is 5.32 Å². The van der Waals surface area contributed by atoms with Crippen LogP contribution in [0.1, 0.15) is 5.56 Å². The normalized spacial score (nSPS) is 12.3. The van der Waals surface area contributed by atoms with Gasteiger partial charge in [-0.05, 0) is 64.3 Å². The first kappa shape index (κ1) is 21.7. The molecule has 3 aromatic carbocycles. The Balaban J connectivity index is 1.87. The van der Waals surface area contributed by atoms with Gasteiger partial charge in [-0.15, -0.1) is 0 Å². The maximum Gasteiger partial charge on any atom is 0.242 e. The lowest BCUT2D eigenvalue weighted by Gasteiger charge is -2.19. The van der Waals surface area contributed by atoms with Crippen LogP contribution in [-0.2, 0) is 21.2 Å². The number of carbonyl (C=O) groups is 1. The summed E-state index contributed by atoms with van der Waals surface area (Å²) in [7, 11) is -3.89. The first-order chi connectivity index (χ1) is 13.8. The smallest absolute Gasteiger partial charge is 0.242 e. The molecule has 0 bridgehead atoms. The largest absolute Gasteiger partial charge is 0.324 e. The van der Waals surface area contributed by atoms with Crippen molar-refractivity contribution in [2.24, 2.45) is 0 Å². The Morgan fingerprint density at radius 1 is 0.862 bits per heavy atom. The summed E-state index contributed by atoms with van der Waals surface area (Å²) >= 11 is 6.68. The zero-order valence-corrected chi connectivity index (χ0v) is 19.2. The van der Waals surface area contributed by atoms with Gasteiger partial charge in [0.25, 0.3) is 0 Å². The lowest BCUT2D eigenvalue weighted by atomic mass is 10.1. The highest BCUT2D eigenvalue weighted by Gasteiger charge is 2.26. The van der Waals surface area contributed by atoms with E-state index in [-0.39, 0.29) is 11.3 Å². The van der Waals surface area contributed by atoms with Gasteiger partial charge >= 0.3 is 0 Å². The van der Waals surface area contributed by atoms with Crippen LogP contribution in [0.3, 0.4) is 0 Å². The molecule has 8 heteroatoms. The summed E-state index contributed by atoms with van der Waals surface area (Å²) in [4.78, 5) is 13.1. The molecule has 3 rings (SSSR count). The highest BCUT2D eigenvalue weighted by atomic mass is 79.9. The molecule has 3 aromatic rings. The lowest BCUT2D eigenvalue weighted by molar-refractivity contribution is -0.117. The monoisotopic (exact) mass is 536 g/mol. The number of para-hydroxylation sites is 1. The molecule has 150 valence electrons. The summed E-state index contributed by atoms with van der Waals surface area (Å²) < 4.78 is 29.7. The Labute approximate surface area is 186 Å².